The van der Waals surface area contributed by atoms with Crippen molar-refractivity contribution < 1.29 is 23.7 Å². The molecule has 6 heteroatoms. The molecule has 6 aromatic carbocycles. The van der Waals surface area contributed by atoms with Crippen molar-refractivity contribution in [2.75, 3.05) is 45.4 Å². The molecule has 364 valence electrons. The van der Waals surface area contributed by atoms with Gasteiger partial charge in [0.2, 0.25) is 0 Å². The monoisotopic (exact) mass is 928 g/mol. The Morgan fingerprint density at radius 1 is 0.536 bits per heavy atom. The highest BCUT2D eigenvalue weighted by Gasteiger charge is 2.38. The van der Waals surface area contributed by atoms with Crippen LogP contribution < -0.4 is 28.6 Å². The number of methoxy groups -OCH3 is 2. The zero-order valence-electron chi connectivity index (χ0n) is 42.3. The Morgan fingerprint density at radius 3 is 1.55 bits per heavy atom. The number of piperidine rings is 1. The van der Waals surface area contributed by atoms with Gasteiger partial charge in [-0.25, -0.2) is 0 Å². The lowest BCUT2D eigenvalue weighted by atomic mass is 9.82. The van der Waals surface area contributed by atoms with E-state index in [9.17, 15) is 0 Å². The second-order valence-electron chi connectivity index (χ2n) is 19.5. The van der Waals surface area contributed by atoms with Gasteiger partial charge in [-0.2, -0.15) is 0 Å². The molecule has 6 nitrogen and oxygen atoms in total. The van der Waals surface area contributed by atoms with Crippen molar-refractivity contribution in [3.8, 4) is 51.0 Å². The first-order valence-corrected chi connectivity index (χ1v) is 26.5. The molecular weight excluding hydrogens is 851 g/mol. The van der Waals surface area contributed by atoms with Crippen molar-refractivity contribution in [2.45, 2.75) is 129 Å². The molecule has 1 saturated heterocycles. The van der Waals surface area contributed by atoms with Gasteiger partial charge < -0.3 is 28.6 Å². The van der Waals surface area contributed by atoms with Crippen molar-refractivity contribution in [2.24, 2.45) is 5.92 Å². The average molecular weight is 928 g/mol. The normalized spacial score (nSPS) is 15.8. The summed E-state index contributed by atoms with van der Waals surface area (Å²) in [5.74, 6) is 4.74. The van der Waals surface area contributed by atoms with Gasteiger partial charge in [0, 0.05) is 35.5 Å². The predicted octanol–water partition coefficient (Wildman–Crippen LogP) is 17.0. The number of hydrogen-bond acceptors (Lipinski definition) is 6. The number of rotatable bonds is 25. The van der Waals surface area contributed by atoms with Crippen molar-refractivity contribution in [3.63, 3.8) is 0 Å². The van der Waals surface area contributed by atoms with Crippen LogP contribution in [0.2, 0.25) is 0 Å². The molecule has 1 fully saturated rings. The molecule has 69 heavy (non-hydrogen) atoms. The molecule has 0 amide bonds. The summed E-state index contributed by atoms with van der Waals surface area (Å²) in [7, 11) is 3.39. The number of ether oxygens (including phenoxy) is 5. The maximum absolute atomic E-state index is 7.51. The molecule has 0 spiro atoms. The Labute approximate surface area is 414 Å². The molecule has 0 N–H and O–H groups in total. The SMILES string of the molecule is CCCCCCCCCCCCOc1ccc(-c2ccc(-c3cc4c(c5cc(OC)c(OC)cc35)C=CC(c3ccc(OCCCCCC)cc3)(c3ccc(N5CCC(C)CC5)cc3)O4)cc2)cc1. The van der Waals surface area contributed by atoms with Gasteiger partial charge in [-0.3, -0.25) is 0 Å². The van der Waals surface area contributed by atoms with Gasteiger partial charge in [-0.05, 0) is 131 Å². The number of nitrogens with zero attached hydrogens (tertiary/aromatic N) is 1. The molecule has 0 radical (unpaired) electrons. The van der Waals surface area contributed by atoms with E-state index in [2.05, 4.69) is 153 Å². The number of benzene rings is 6. The van der Waals surface area contributed by atoms with Gasteiger partial charge in [0.25, 0.3) is 0 Å². The Morgan fingerprint density at radius 2 is 1.00 bits per heavy atom. The lowest BCUT2D eigenvalue weighted by Gasteiger charge is -2.37. The van der Waals surface area contributed by atoms with Crippen LogP contribution in [0.3, 0.4) is 0 Å². The zero-order chi connectivity index (χ0) is 47.8. The molecule has 2 aliphatic rings. The van der Waals surface area contributed by atoms with Crippen molar-refractivity contribution >= 4 is 22.5 Å². The van der Waals surface area contributed by atoms with Crippen LogP contribution in [0.25, 0.3) is 39.1 Å². The van der Waals surface area contributed by atoms with Crippen molar-refractivity contribution in [1.82, 2.24) is 0 Å². The molecule has 1 unspecified atom stereocenters. The maximum atomic E-state index is 7.51. The highest BCUT2D eigenvalue weighted by atomic mass is 16.5. The van der Waals surface area contributed by atoms with E-state index in [1.165, 1.54) is 95.6 Å². The van der Waals surface area contributed by atoms with Crippen molar-refractivity contribution in [3.05, 3.63) is 138 Å². The molecule has 2 aliphatic heterocycles. The summed E-state index contributed by atoms with van der Waals surface area (Å²) < 4.78 is 31.7. The lowest BCUT2D eigenvalue weighted by molar-refractivity contribution is 0.161. The van der Waals surface area contributed by atoms with Crippen LogP contribution in [-0.2, 0) is 5.60 Å². The highest BCUT2D eigenvalue weighted by Crippen LogP contribution is 2.49. The van der Waals surface area contributed by atoms with E-state index >= 15 is 0 Å². The Balaban J connectivity index is 1.05. The first-order chi connectivity index (χ1) is 33.9. The quantitative estimate of drug-likeness (QED) is 0.0533. The van der Waals surface area contributed by atoms with Crippen LogP contribution in [0.5, 0.6) is 28.7 Å². The third-order valence-corrected chi connectivity index (χ3v) is 14.5. The Kier molecular flexibility index (Phi) is 17.7. The molecular formula is C63H77NO5. The molecule has 8 rings (SSSR count). The molecule has 2 heterocycles. The summed E-state index contributed by atoms with van der Waals surface area (Å²) in [6, 6.07) is 41.4. The van der Waals surface area contributed by atoms with E-state index in [1.54, 1.807) is 14.2 Å². The van der Waals surface area contributed by atoms with E-state index < -0.39 is 5.60 Å². The van der Waals surface area contributed by atoms with E-state index in [0.717, 1.165) is 112 Å². The predicted molar refractivity (Wildman–Crippen MR) is 289 cm³/mol. The minimum atomic E-state index is -0.893. The largest absolute Gasteiger partial charge is 0.494 e. The van der Waals surface area contributed by atoms with Gasteiger partial charge in [-0.15, -0.1) is 0 Å². The van der Waals surface area contributed by atoms with Gasteiger partial charge in [0.05, 0.1) is 27.4 Å². The standard InChI is InChI=1S/C63H77NO5/c1-6-8-10-12-13-14-15-16-17-19-43-67-54-32-24-49(25-33-54)48-20-22-50(23-21-48)57-44-60-56(58-45-61(65-4)62(66-5)46-59(57)58)36-39-63(69-60,52-28-34-55(35-29-52)68-42-18-11-9-7-2)51-26-30-53(31-27-51)64-40-37-47(3)38-41-64/h20-36,39,44-47H,6-19,37-38,40-43H2,1-5H3. The number of hydrogen-bond donors (Lipinski definition) is 0. The van der Waals surface area contributed by atoms with E-state index in [-0.39, 0.29) is 0 Å². The van der Waals surface area contributed by atoms with Crippen LogP contribution >= 0.6 is 0 Å². The van der Waals surface area contributed by atoms with Crippen LogP contribution in [0.15, 0.2) is 121 Å². The summed E-state index contributed by atoms with van der Waals surface area (Å²) in [4.78, 5) is 2.52. The summed E-state index contributed by atoms with van der Waals surface area (Å²) in [5.41, 5.74) is 7.92. The smallest absolute Gasteiger partial charge is 0.178 e. The maximum Gasteiger partial charge on any atom is 0.178 e. The topological polar surface area (TPSA) is 49.4 Å². The van der Waals surface area contributed by atoms with Crippen LogP contribution in [0.4, 0.5) is 5.69 Å². The Bertz CT molecular complexity index is 2540. The summed E-state index contributed by atoms with van der Waals surface area (Å²) in [6.07, 6.45) is 24.8. The number of anilines is 1. The highest BCUT2D eigenvalue weighted by molar-refractivity contribution is 6.05. The summed E-state index contributed by atoms with van der Waals surface area (Å²) in [6.45, 7) is 10.5. The Hall–Kier alpha value is -5.88. The fourth-order valence-electron chi connectivity index (χ4n) is 10.2. The molecule has 0 aromatic heterocycles. The molecule has 0 aliphatic carbocycles. The summed E-state index contributed by atoms with van der Waals surface area (Å²) >= 11 is 0. The first-order valence-electron chi connectivity index (χ1n) is 26.5. The second kappa shape index (κ2) is 24.6. The average Bonchev–Trinajstić information content (AvgIpc) is 3.40. The van der Waals surface area contributed by atoms with E-state index in [0.29, 0.717) is 11.5 Å². The fourth-order valence-corrected chi connectivity index (χ4v) is 10.2. The lowest BCUT2D eigenvalue weighted by Crippen LogP contribution is -2.35. The number of fused-ring (bicyclic) bond motifs is 3. The van der Waals surface area contributed by atoms with E-state index in [4.69, 9.17) is 23.7 Å². The minimum absolute atomic E-state index is 0.675. The van der Waals surface area contributed by atoms with Crippen LogP contribution in [0.1, 0.15) is 140 Å². The van der Waals surface area contributed by atoms with Gasteiger partial charge >= 0.3 is 0 Å². The van der Waals surface area contributed by atoms with Crippen molar-refractivity contribution in [1.29, 1.82) is 0 Å². The third kappa shape index (κ3) is 12.3. The first kappa shape index (κ1) is 49.5. The third-order valence-electron chi connectivity index (χ3n) is 14.5. The van der Waals surface area contributed by atoms with Gasteiger partial charge in [0.15, 0.2) is 17.1 Å². The second-order valence-corrected chi connectivity index (χ2v) is 19.5. The zero-order valence-corrected chi connectivity index (χ0v) is 42.3. The molecule has 6 aromatic rings. The van der Waals surface area contributed by atoms with E-state index in [1.807, 2.05) is 0 Å². The fraction of sp³-hybridized carbons (Fsp3) is 0.429. The van der Waals surface area contributed by atoms with Gasteiger partial charge in [-0.1, -0.05) is 158 Å². The van der Waals surface area contributed by atoms with Gasteiger partial charge in [0.1, 0.15) is 17.2 Å². The molecule has 0 bridgehead atoms. The number of unbranched alkanes of at least 4 members (excludes halogenated alkanes) is 12. The molecule has 0 saturated carbocycles. The minimum Gasteiger partial charge on any atom is -0.494 e. The van der Waals surface area contributed by atoms with Crippen LogP contribution in [-0.4, -0.2) is 40.5 Å². The molecule has 1 atom stereocenters. The summed E-state index contributed by atoms with van der Waals surface area (Å²) in [5, 5.41) is 2.09. The van der Waals surface area contributed by atoms with Crippen LogP contribution in [0, 0.1) is 5.92 Å².